The summed E-state index contributed by atoms with van der Waals surface area (Å²) in [5, 5.41) is 4.03. The fourth-order valence-electron chi connectivity index (χ4n) is 1.29. The predicted octanol–water partition coefficient (Wildman–Crippen LogP) is 1.73. The molecule has 1 amide bonds. The third kappa shape index (κ3) is 3.78. The standard InChI is InChI=1S/C12H21N3OS/c1-12(2,3)11-14-8-9(17-11)10(16)15(5)7-6-13-4/h8,13H,6-7H2,1-5H3. The predicted molar refractivity (Wildman–Crippen MR) is 71.7 cm³/mol. The zero-order chi connectivity index (χ0) is 13.1. The SMILES string of the molecule is CNCCN(C)C(=O)c1cnc(C(C)(C)C)s1. The van der Waals surface area contributed by atoms with Crippen molar-refractivity contribution in [2.24, 2.45) is 0 Å². The van der Waals surface area contributed by atoms with Gasteiger partial charge in [0, 0.05) is 25.6 Å². The number of hydrogen-bond acceptors (Lipinski definition) is 4. The molecule has 0 bridgehead atoms. The first kappa shape index (κ1) is 14.1. The van der Waals surface area contributed by atoms with Crippen molar-refractivity contribution in [3.05, 3.63) is 16.1 Å². The molecule has 0 radical (unpaired) electrons. The number of rotatable bonds is 4. The van der Waals surface area contributed by atoms with Crippen molar-refractivity contribution in [2.75, 3.05) is 27.2 Å². The topological polar surface area (TPSA) is 45.2 Å². The fraction of sp³-hybridized carbons (Fsp3) is 0.667. The zero-order valence-corrected chi connectivity index (χ0v) is 12.0. The highest BCUT2D eigenvalue weighted by Crippen LogP contribution is 2.27. The van der Waals surface area contributed by atoms with Gasteiger partial charge in [-0.1, -0.05) is 20.8 Å². The van der Waals surface area contributed by atoms with Crippen LogP contribution in [0.1, 0.15) is 35.5 Å². The summed E-state index contributed by atoms with van der Waals surface area (Å²) in [5.41, 5.74) is 0.00669. The molecule has 0 aromatic carbocycles. The molecule has 4 nitrogen and oxygen atoms in total. The van der Waals surface area contributed by atoms with Crippen LogP contribution in [0, 0.1) is 0 Å². The summed E-state index contributed by atoms with van der Waals surface area (Å²) in [6.45, 7) is 7.81. The molecule has 0 atom stereocenters. The van der Waals surface area contributed by atoms with Gasteiger partial charge in [-0.3, -0.25) is 4.79 Å². The van der Waals surface area contributed by atoms with E-state index < -0.39 is 0 Å². The molecule has 0 unspecified atom stereocenters. The van der Waals surface area contributed by atoms with Crippen LogP contribution in [-0.2, 0) is 5.41 Å². The second kappa shape index (κ2) is 5.60. The van der Waals surface area contributed by atoms with Gasteiger partial charge in [-0.15, -0.1) is 11.3 Å². The maximum atomic E-state index is 12.1. The van der Waals surface area contributed by atoms with Crippen LogP contribution in [0.4, 0.5) is 0 Å². The lowest BCUT2D eigenvalue weighted by Gasteiger charge is -2.16. The van der Waals surface area contributed by atoms with E-state index in [4.69, 9.17) is 0 Å². The van der Waals surface area contributed by atoms with E-state index in [1.54, 1.807) is 11.1 Å². The Morgan fingerprint density at radius 3 is 2.65 bits per heavy atom. The lowest BCUT2D eigenvalue weighted by molar-refractivity contribution is 0.0801. The van der Waals surface area contributed by atoms with E-state index >= 15 is 0 Å². The Morgan fingerprint density at radius 1 is 1.53 bits per heavy atom. The Kier molecular flexibility index (Phi) is 4.65. The van der Waals surface area contributed by atoms with Crippen LogP contribution in [-0.4, -0.2) is 43.0 Å². The van der Waals surface area contributed by atoms with Gasteiger partial charge in [0.2, 0.25) is 0 Å². The summed E-state index contributed by atoms with van der Waals surface area (Å²) in [7, 11) is 3.69. The average Bonchev–Trinajstić information content (AvgIpc) is 2.73. The van der Waals surface area contributed by atoms with Crippen molar-refractivity contribution in [1.82, 2.24) is 15.2 Å². The van der Waals surface area contributed by atoms with Crippen LogP contribution in [0.3, 0.4) is 0 Å². The van der Waals surface area contributed by atoms with Crippen LogP contribution < -0.4 is 5.32 Å². The minimum Gasteiger partial charge on any atom is -0.340 e. The minimum absolute atomic E-state index is 0.00669. The van der Waals surface area contributed by atoms with Gasteiger partial charge in [0.1, 0.15) is 4.88 Å². The van der Waals surface area contributed by atoms with Crippen molar-refractivity contribution < 1.29 is 4.79 Å². The largest absolute Gasteiger partial charge is 0.340 e. The molecular weight excluding hydrogens is 234 g/mol. The summed E-state index contributed by atoms with van der Waals surface area (Å²) in [6, 6.07) is 0. The summed E-state index contributed by atoms with van der Waals surface area (Å²) in [6.07, 6.45) is 1.68. The van der Waals surface area contributed by atoms with Crippen molar-refractivity contribution in [1.29, 1.82) is 0 Å². The maximum absolute atomic E-state index is 12.1. The Hall–Kier alpha value is -0.940. The van der Waals surface area contributed by atoms with Crippen molar-refractivity contribution >= 4 is 17.2 Å². The highest BCUT2D eigenvalue weighted by Gasteiger charge is 2.21. The number of thiazole rings is 1. The Morgan fingerprint density at radius 2 is 2.18 bits per heavy atom. The molecule has 1 rings (SSSR count). The first-order valence-electron chi connectivity index (χ1n) is 5.72. The fourth-order valence-corrected chi connectivity index (χ4v) is 2.26. The van der Waals surface area contributed by atoms with E-state index in [-0.39, 0.29) is 11.3 Å². The van der Waals surface area contributed by atoms with E-state index in [0.717, 1.165) is 11.6 Å². The monoisotopic (exact) mass is 255 g/mol. The number of likely N-dealkylation sites (N-methyl/N-ethyl adjacent to an activating group) is 2. The van der Waals surface area contributed by atoms with E-state index in [1.807, 2.05) is 14.1 Å². The molecule has 0 aliphatic rings. The molecule has 96 valence electrons. The van der Waals surface area contributed by atoms with Gasteiger partial charge in [0.25, 0.3) is 5.91 Å². The number of amides is 1. The highest BCUT2D eigenvalue weighted by molar-refractivity contribution is 7.13. The van der Waals surface area contributed by atoms with Crippen molar-refractivity contribution in [2.45, 2.75) is 26.2 Å². The van der Waals surface area contributed by atoms with Crippen molar-refractivity contribution in [3.8, 4) is 0 Å². The molecule has 1 aromatic heterocycles. The van der Waals surface area contributed by atoms with Gasteiger partial charge in [-0.2, -0.15) is 0 Å². The second-order valence-corrected chi connectivity index (χ2v) is 6.14. The van der Waals surface area contributed by atoms with Gasteiger partial charge >= 0.3 is 0 Å². The number of nitrogens with zero attached hydrogens (tertiary/aromatic N) is 2. The normalized spacial score (nSPS) is 11.6. The minimum atomic E-state index is 0.00669. The lowest BCUT2D eigenvalue weighted by Crippen LogP contribution is -2.32. The zero-order valence-electron chi connectivity index (χ0n) is 11.2. The smallest absolute Gasteiger partial charge is 0.265 e. The molecule has 0 fully saturated rings. The summed E-state index contributed by atoms with van der Waals surface area (Å²) < 4.78 is 0. The molecule has 1 aromatic rings. The Labute approximate surface area is 107 Å². The molecule has 0 saturated heterocycles. The van der Waals surface area contributed by atoms with Gasteiger partial charge < -0.3 is 10.2 Å². The molecule has 0 saturated carbocycles. The van der Waals surface area contributed by atoms with Gasteiger partial charge in [0.05, 0.1) is 11.2 Å². The number of hydrogen-bond donors (Lipinski definition) is 1. The molecule has 1 N–H and O–H groups in total. The third-order valence-electron chi connectivity index (χ3n) is 2.40. The number of carbonyl (C=O) groups excluding carboxylic acids is 1. The summed E-state index contributed by atoms with van der Waals surface area (Å²) in [5.74, 6) is 0.0493. The van der Waals surface area contributed by atoms with E-state index in [1.165, 1.54) is 11.3 Å². The first-order valence-corrected chi connectivity index (χ1v) is 6.54. The van der Waals surface area contributed by atoms with Crippen molar-refractivity contribution in [3.63, 3.8) is 0 Å². The Balaban J connectivity index is 2.73. The van der Waals surface area contributed by atoms with Crippen LogP contribution in [0.5, 0.6) is 0 Å². The maximum Gasteiger partial charge on any atom is 0.265 e. The van der Waals surface area contributed by atoms with E-state index in [0.29, 0.717) is 11.4 Å². The molecule has 0 aliphatic carbocycles. The molecule has 0 spiro atoms. The molecule has 17 heavy (non-hydrogen) atoms. The second-order valence-electron chi connectivity index (χ2n) is 5.11. The average molecular weight is 255 g/mol. The lowest BCUT2D eigenvalue weighted by atomic mass is 9.98. The highest BCUT2D eigenvalue weighted by atomic mass is 32.1. The summed E-state index contributed by atoms with van der Waals surface area (Å²) >= 11 is 1.49. The molecule has 1 heterocycles. The van der Waals surface area contributed by atoms with Crippen LogP contribution in [0.2, 0.25) is 0 Å². The van der Waals surface area contributed by atoms with Crippen LogP contribution in [0.15, 0.2) is 6.20 Å². The first-order chi connectivity index (χ1) is 7.86. The van der Waals surface area contributed by atoms with Gasteiger partial charge in [0.15, 0.2) is 0 Å². The Bertz CT molecular complexity index is 381. The van der Waals surface area contributed by atoms with Gasteiger partial charge in [-0.25, -0.2) is 4.98 Å². The van der Waals surface area contributed by atoms with Gasteiger partial charge in [-0.05, 0) is 7.05 Å². The van der Waals surface area contributed by atoms with Crippen LogP contribution >= 0.6 is 11.3 Å². The van der Waals surface area contributed by atoms with Crippen LogP contribution in [0.25, 0.3) is 0 Å². The summed E-state index contributed by atoms with van der Waals surface area (Å²) in [4.78, 5) is 18.8. The number of aromatic nitrogens is 1. The number of nitrogens with one attached hydrogen (secondary N) is 1. The molecule has 5 heteroatoms. The number of carbonyl (C=O) groups is 1. The molecule has 0 aliphatic heterocycles. The third-order valence-corrected chi connectivity index (χ3v) is 3.81. The quantitative estimate of drug-likeness (QED) is 0.891. The molecular formula is C12H21N3OS. The van der Waals surface area contributed by atoms with E-state index in [9.17, 15) is 4.79 Å². The van der Waals surface area contributed by atoms with E-state index in [2.05, 4.69) is 31.1 Å².